The number of fused-ring (bicyclic) bond motifs is 1. The number of amides is 1. The fourth-order valence-corrected chi connectivity index (χ4v) is 2.55. The van der Waals surface area contributed by atoms with Gasteiger partial charge >= 0.3 is 0 Å². The van der Waals surface area contributed by atoms with Crippen LogP contribution in [0.1, 0.15) is 5.56 Å². The van der Waals surface area contributed by atoms with E-state index in [0.29, 0.717) is 22.8 Å². The molecule has 27 heavy (non-hydrogen) atoms. The third-order valence-corrected chi connectivity index (χ3v) is 3.92. The molecule has 138 valence electrons. The highest BCUT2D eigenvalue weighted by Crippen LogP contribution is 2.22. The van der Waals surface area contributed by atoms with E-state index < -0.39 is 0 Å². The Labute approximate surface area is 157 Å². The van der Waals surface area contributed by atoms with Gasteiger partial charge in [-0.3, -0.25) is 4.79 Å². The van der Waals surface area contributed by atoms with Crippen LogP contribution in [-0.2, 0) is 4.79 Å². The van der Waals surface area contributed by atoms with Gasteiger partial charge in [-0.1, -0.05) is 30.3 Å². The quantitative estimate of drug-likeness (QED) is 0.515. The third kappa shape index (κ3) is 4.76. The Morgan fingerprint density at radius 3 is 2.52 bits per heavy atom. The Morgan fingerprint density at radius 1 is 0.963 bits per heavy atom. The second-order valence-corrected chi connectivity index (χ2v) is 5.70. The van der Waals surface area contributed by atoms with Crippen molar-refractivity contribution in [2.75, 3.05) is 20.8 Å². The van der Waals surface area contributed by atoms with Gasteiger partial charge in [-0.05, 0) is 41.1 Å². The van der Waals surface area contributed by atoms with Crippen LogP contribution < -0.4 is 19.6 Å². The molecule has 0 heterocycles. The first kappa shape index (κ1) is 18.3. The van der Waals surface area contributed by atoms with E-state index in [1.807, 2.05) is 42.5 Å². The first-order valence-corrected chi connectivity index (χ1v) is 8.35. The molecule has 0 fully saturated rings. The minimum atomic E-state index is -0.360. The van der Waals surface area contributed by atoms with E-state index in [-0.39, 0.29) is 12.5 Å². The van der Waals surface area contributed by atoms with Crippen molar-refractivity contribution in [2.24, 2.45) is 5.10 Å². The van der Waals surface area contributed by atoms with Crippen LogP contribution in [-0.4, -0.2) is 32.9 Å². The molecule has 1 N–H and O–H groups in total. The van der Waals surface area contributed by atoms with Crippen LogP contribution in [0, 0.1) is 0 Å². The molecule has 0 aromatic heterocycles. The van der Waals surface area contributed by atoms with Crippen LogP contribution in [0.15, 0.2) is 65.8 Å². The largest absolute Gasteiger partial charge is 0.497 e. The van der Waals surface area contributed by atoms with Gasteiger partial charge in [-0.15, -0.1) is 0 Å². The molecule has 0 bridgehead atoms. The van der Waals surface area contributed by atoms with E-state index >= 15 is 0 Å². The number of carbonyl (C=O) groups is 1. The maximum Gasteiger partial charge on any atom is 0.277 e. The monoisotopic (exact) mass is 364 g/mol. The summed E-state index contributed by atoms with van der Waals surface area (Å²) in [7, 11) is 3.14. The molecule has 6 nitrogen and oxygen atoms in total. The van der Waals surface area contributed by atoms with Gasteiger partial charge in [0.25, 0.3) is 5.91 Å². The Hall–Kier alpha value is -3.54. The lowest BCUT2D eigenvalue weighted by atomic mass is 10.1. The number of hydrogen-bond donors (Lipinski definition) is 1. The Bertz CT molecular complexity index is 969. The molecule has 3 rings (SSSR count). The van der Waals surface area contributed by atoms with Crippen molar-refractivity contribution >= 4 is 22.9 Å². The minimum absolute atomic E-state index is 0.134. The normalized spacial score (nSPS) is 10.7. The lowest BCUT2D eigenvalue weighted by Crippen LogP contribution is -2.24. The number of nitrogens with one attached hydrogen (secondary N) is 1. The number of hydrogen-bond acceptors (Lipinski definition) is 5. The van der Waals surface area contributed by atoms with Crippen molar-refractivity contribution in [1.82, 2.24) is 5.43 Å². The zero-order chi connectivity index (χ0) is 19.1. The van der Waals surface area contributed by atoms with Gasteiger partial charge in [0.15, 0.2) is 6.61 Å². The summed E-state index contributed by atoms with van der Waals surface area (Å²) in [6, 6.07) is 19.0. The number of methoxy groups -OCH3 is 2. The fourth-order valence-electron chi connectivity index (χ4n) is 2.55. The summed E-state index contributed by atoms with van der Waals surface area (Å²) in [5.41, 5.74) is 3.12. The molecule has 0 aliphatic carbocycles. The van der Waals surface area contributed by atoms with Gasteiger partial charge in [0.1, 0.15) is 17.2 Å². The predicted molar refractivity (Wildman–Crippen MR) is 105 cm³/mol. The molecule has 0 saturated heterocycles. The number of carbonyl (C=O) groups excluding carboxylic acids is 1. The number of nitrogens with zero attached hydrogens (tertiary/aromatic N) is 1. The summed E-state index contributed by atoms with van der Waals surface area (Å²) in [6.45, 7) is -0.134. The second-order valence-electron chi connectivity index (χ2n) is 5.70. The van der Waals surface area contributed by atoms with E-state index in [9.17, 15) is 4.79 Å². The molecule has 1 amide bonds. The lowest BCUT2D eigenvalue weighted by Gasteiger charge is -2.07. The van der Waals surface area contributed by atoms with Gasteiger partial charge in [-0.25, -0.2) is 5.43 Å². The molecule has 0 atom stereocenters. The molecule has 0 radical (unpaired) electrons. The lowest BCUT2D eigenvalue weighted by molar-refractivity contribution is -0.123. The highest BCUT2D eigenvalue weighted by Gasteiger charge is 2.05. The Kier molecular flexibility index (Phi) is 5.89. The standard InChI is InChI=1S/C21H20N2O4/c1-25-18-9-10-20(26-2)17(12-18)13-22-23-21(24)14-27-19-8-7-15-5-3-4-6-16(15)11-19/h3-13H,14H2,1-2H3,(H,23,24)/b22-13+. The predicted octanol–water partition coefficient (Wildman–Crippen LogP) is 3.39. The SMILES string of the molecule is COc1ccc(OC)c(/C=N/NC(=O)COc2ccc3ccccc3c2)c1. The molecule has 0 aliphatic rings. The molecule has 3 aromatic carbocycles. The summed E-state index contributed by atoms with van der Waals surface area (Å²) in [5.74, 6) is 1.56. The number of rotatable bonds is 7. The van der Waals surface area contributed by atoms with E-state index in [4.69, 9.17) is 14.2 Å². The maximum absolute atomic E-state index is 11.9. The maximum atomic E-state index is 11.9. The fraction of sp³-hybridized carbons (Fsp3) is 0.143. The van der Waals surface area contributed by atoms with Gasteiger partial charge in [-0.2, -0.15) is 5.10 Å². The van der Waals surface area contributed by atoms with Crippen molar-refractivity contribution in [3.63, 3.8) is 0 Å². The van der Waals surface area contributed by atoms with E-state index in [1.165, 1.54) is 6.21 Å². The number of benzene rings is 3. The van der Waals surface area contributed by atoms with Crippen molar-refractivity contribution in [3.8, 4) is 17.2 Å². The van der Waals surface area contributed by atoms with Crippen LogP contribution in [0.3, 0.4) is 0 Å². The van der Waals surface area contributed by atoms with Gasteiger partial charge in [0.05, 0.1) is 20.4 Å². The van der Waals surface area contributed by atoms with E-state index in [0.717, 1.165) is 10.8 Å². The first-order valence-electron chi connectivity index (χ1n) is 8.35. The van der Waals surface area contributed by atoms with Gasteiger partial charge in [0, 0.05) is 5.56 Å². The molecule has 0 unspecified atom stereocenters. The van der Waals surface area contributed by atoms with Gasteiger partial charge < -0.3 is 14.2 Å². The van der Waals surface area contributed by atoms with Crippen LogP contribution in [0.4, 0.5) is 0 Å². The number of ether oxygens (including phenoxy) is 3. The van der Waals surface area contributed by atoms with Gasteiger partial charge in [0.2, 0.25) is 0 Å². The number of hydrazone groups is 1. The van der Waals surface area contributed by atoms with Crippen molar-refractivity contribution < 1.29 is 19.0 Å². The molecule has 0 saturated carbocycles. The van der Waals surface area contributed by atoms with Crippen LogP contribution >= 0.6 is 0 Å². The molecular weight excluding hydrogens is 344 g/mol. The van der Waals surface area contributed by atoms with Crippen LogP contribution in [0.2, 0.25) is 0 Å². The third-order valence-electron chi connectivity index (χ3n) is 3.92. The molecular formula is C21H20N2O4. The summed E-state index contributed by atoms with van der Waals surface area (Å²) in [4.78, 5) is 11.9. The molecule has 0 aliphatic heterocycles. The van der Waals surface area contributed by atoms with Crippen molar-refractivity contribution in [1.29, 1.82) is 0 Å². The zero-order valence-electron chi connectivity index (χ0n) is 15.1. The summed E-state index contributed by atoms with van der Waals surface area (Å²) >= 11 is 0. The van der Waals surface area contributed by atoms with Crippen molar-refractivity contribution in [2.45, 2.75) is 0 Å². The summed E-state index contributed by atoms with van der Waals surface area (Å²) in [6.07, 6.45) is 1.50. The Balaban J connectivity index is 1.57. The average molecular weight is 364 g/mol. The summed E-state index contributed by atoms with van der Waals surface area (Å²) < 4.78 is 16.0. The molecule has 0 spiro atoms. The topological polar surface area (TPSA) is 69.2 Å². The summed E-state index contributed by atoms with van der Waals surface area (Å²) in [5, 5.41) is 6.12. The smallest absolute Gasteiger partial charge is 0.277 e. The van der Waals surface area contributed by atoms with Crippen LogP contribution in [0.25, 0.3) is 10.8 Å². The molecule has 3 aromatic rings. The first-order chi connectivity index (χ1) is 13.2. The van der Waals surface area contributed by atoms with E-state index in [1.54, 1.807) is 32.4 Å². The second kappa shape index (κ2) is 8.71. The average Bonchev–Trinajstić information content (AvgIpc) is 2.72. The van der Waals surface area contributed by atoms with E-state index in [2.05, 4.69) is 10.5 Å². The highest BCUT2D eigenvalue weighted by molar-refractivity contribution is 5.86. The van der Waals surface area contributed by atoms with Crippen LogP contribution in [0.5, 0.6) is 17.2 Å². The zero-order valence-corrected chi connectivity index (χ0v) is 15.1. The molecule has 6 heteroatoms. The Morgan fingerprint density at radius 2 is 1.74 bits per heavy atom. The highest BCUT2D eigenvalue weighted by atomic mass is 16.5. The van der Waals surface area contributed by atoms with Crippen molar-refractivity contribution in [3.05, 3.63) is 66.2 Å². The minimum Gasteiger partial charge on any atom is -0.497 e.